The first-order chi connectivity index (χ1) is 12.8. The number of carbonyl (C=O) groups excluding carboxylic acids is 1. The zero-order chi connectivity index (χ0) is 20.7. The van der Waals surface area contributed by atoms with Gasteiger partial charge in [-0.25, -0.2) is 0 Å². The molecule has 27 heavy (non-hydrogen) atoms. The summed E-state index contributed by atoms with van der Waals surface area (Å²) >= 11 is 0. The molecule has 0 radical (unpaired) electrons. The summed E-state index contributed by atoms with van der Waals surface area (Å²) in [6.45, 7) is 16.7. The summed E-state index contributed by atoms with van der Waals surface area (Å²) in [5.41, 5.74) is 5.36. The van der Waals surface area contributed by atoms with Gasteiger partial charge >= 0.3 is 5.97 Å². The molecule has 0 atom stereocenters. The van der Waals surface area contributed by atoms with Gasteiger partial charge in [0.2, 0.25) is 0 Å². The average Bonchev–Trinajstić information content (AvgIpc) is 2.59. The number of hydrogen-bond acceptors (Lipinski definition) is 2. The van der Waals surface area contributed by atoms with E-state index in [0.29, 0.717) is 0 Å². The highest BCUT2D eigenvalue weighted by atomic mass is 16.5. The first kappa shape index (κ1) is 25.2. The van der Waals surface area contributed by atoms with Crippen LogP contribution in [0, 0.1) is 5.92 Å². The summed E-state index contributed by atoms with van der Waals surface area (Å²) < 4.78 is 5.31. The van der Waals surface area contributed by atoms with Crippen LogP contribution in [0.3, 0.4) is 0 Å². The van der Waals surface area contributed by atoms with Crippen molar-refractivity contribution in [2.75, 3.05) is 6.61 Å². The second-order valence-corrected chi connectivity index (χ2v) is 7.83. The Labute approximate surface area is 167 Å². The molecule has 0 amide bonds. The van der Waals surface area contributed by atoms with Crippen molar-refractivity contribution < 1.29 is 9.53 Å². The molecule has 0 saturated heterocycles. The van der Waals surface area contributed by atoms with Gasteiger partial charge in [0.25, 0.3) is 0 Å². The minimum absolute atomic E-state index is 0.123. The third-order valence-electron chi connectivity index (χ3n) is 4.36. The summed E-state index contributed by atoms with van der Waals surface area (Å²) in [6.07, 6.45) is 16.2. The van der Waals surface area contributed by atoms with Gasteiger partial charge in [0.1, 0.15) is 6.61 Å². The van der Waals surface area contributed by atoms with Crippen molar-refractivity contribution in [1.82, 2.24) is 0 Å². The van der Waals surface area contributed by atoms with E-state index in [2.05, 4.69) is 72.4 Å². The molecule has 2 nitrogen and oxygen atoms in total. The first-order valence-electron chi connectivity index (χ1n) is 10.1. The molecule has 0 aromatic carbocycles. The van der Waals surface area contributed by atoms with Gasteiger partial charge in [-0.3, -0.25) is 4.79 Å². The fourth-order valence-electron chi connectivity index (χ4n) is 2.62. The lowest BCUT2D eigenvalue weighted by Gasteiger charge is -2.13. The molecule has 0 bridgehead atoms. The van der Waals surface area contributed by atoms with Crippen LogP contribution < -0.4 is 0 Å². The van der Waals surface area contributed by atoms with Gasteiger partial charge in [-0.1, -0.05) is 59.3 Å². The number of allylic oxidation sites excluding steroid dienone is 8. The molecule has 0 N–H and O–H groups in total. The molecule has 152 valence electrons. The monoisotopic (exact) mass is 372 g/mol. The number of rotatable bonds is 13. The lowest BCUT2D eigenvalue weighted by molar-refractivity contribution is -0.147. The molecule has 0 rings (SSSR count). The second kappa shape index (κ2) is 15.2. The molecule has 0 aliphatic carbocycles. The molecule has 0 spiro atoms. The highest BCUT2D eigenvalue weighted by molar-refractivity contribution is 5.73. The van der Waals surface area contributed by atoms with Gasteiger partial charge in [0.05, 0.1) is 5.92 Å². The van der Waals surface area contributed by atoms with E-state index < -0.39 is 0 Å². The SMILES string of the molecule is C=CCOC(=O)C(C/C=C(\C)CCC=C(C)C)C/C=C(\C)CCC=C(C)C. The number of ether oxygens (including phenoxy) is 1. The van der Waals surface area contributed by atoms with Crippen LogP contribution in [0.5, 0.6) is 0 Å². The Balaban J connectivity index is 4.81. The number of carbonyl (C=O) groups is 1. The molecule has 0 fully saturated rings. The smallest absolute Gasteiger partial charge is 0.309 e. The lowest BCUT2D eigenvalue weighted by Crippen LogP contribution is -2.17. The molecule has 0 aliphatic heterocycles. The van der Waals surface area contributed by atoms with Crippen LogP contribution in [0.25, 0.3) is 0 Å². The van der Waals surface area contributed by atoms with Crippen molar-refractivity contribution >= 4 is 5.97 Å². The maximum absolute atomic E-state index is 12.4. The van der Waals surface area contributed by atoms with Gasteiger partial charge in [-0.15, -0.1) is 0 Å². The highest BCUT2D eigenvalue weighted by Gasteiger charge is 2.17. The van der Waals surface area contributed by atoms with Crippen molar-refractivity contribution in [2.24, 2.45) is 5.92 Å². The Kier molecular flexibility index (Phi) is 14.2. The third-order valence-corrected chi connectivity index (χ3v) is 4.36. The molecule has 0 aliphatic rings. The number of esters is 1. The minimum Gasteiger partial charge on any atom is -0.461 e. The summed E-state index contributed by atoms with van der Waals surface area (Å²) in [5.74, 6) is -0.252. The van der Waals surface area contributed by atoms with E-state index in [-0.39, 0.29) is 18.5 Å². The topological polar surface area (TPSA) is 26.3 Å². The summed E-state index contributed by atoms with van der Waals surface area (Å²) in [7, 11) is 0. The Morgan fingerprint density at radius 1 is 0.815 bits per heavy atom. The van der Waals surface area contributed by atoms with Crippen LogP contribution >= 0.6 is 0 Å². The predicted molar refractivity (Wildman–Crippen MR) is 119 cm³/mol. The van der Waals surface area contributed by atoms with Crippen LogP contribution in [0.1, 0.15) is 80.1 Å². The van der Waals surface area contributed by atoms with E-state index in [1.54, 1.807) is 6.08 Å². The van der Waals surface area contributed by atoms with E-state index in [4.69, 9.17) is 4.74 Å². The van der Waals surface area contributed by atoms with E-state index in [0.717, 1.165) is 38.5 Å². The van der Waals surface area contributed by atoms with Crippen molar-refractivity contribution in [1.29, 1.82) is 0 Å². The fourth-order valence-corrected chi connectivity index (χ4v) is 2.62. The minimum atomic E-state index is -0.128. The normalized spacial score (nSPS) is 12.0. The van der Waals surface area contributed by atoms with Crippen molar-refractivity contribution in [2.45, 2.75) is 80.1 Å². The zero-order valence-electron chi connectivity index (χ0n) is 18.4. The standard InChI is InChI=1S/C25H40O2/c1-8-19-27-25(26)24(17-15-22(6)13-9-11-20(2)3)18-16-23(7)14-10-12-21(4)5/h8,11-12,15-16,24H,1,9-10,13-14,17-19H2,2-7H3/b22-15+,23-16+. The predicted octanol–water partition coefficient (Wildman–Crippen LogP) is 7.50. The molecule has 0 aromatic heterocycles. The second-order valence-electron chi connectivity index (χ2n) is 7.83. The molecular formula is C25H40O2. The van der Waals surface area contributed by atoms with Crippen molar-refractivity contribution in [3.05, 3.63) is 59.3 Å². The largest absolute Gasteiger partial charge is 0.461 e. The molecule has 0 heterocycles. The van der Waals surface area contributed by atoms with Gasteiger partial charge in [0, 0.05) is 0 Å². The Morgan fingerprint density at radius 3 is 1.63 bits per heavy atom. The van der Waals surface area contributed by atoms with Crippen LogP contribution in [0.2, 0.25) is 0 Å². The van der Waals surface area contributed by atoms with Crippen LogP contribution in [0.4, 0.5) is 0 Å². The van der Waals surface area contributed by atoms with E-state index >= 15 is 0 Å². The van der Waals surface area contributed by atoms with Crippen molar-refractivity contribution in [3.8, 4) is 0 Å². The summed E-state index contributed by atoms with van der Waals surface area (Å²) in [5, 5.41) is 0. The Morgan fingerprint density at radius 2 is 1.26 bits per heavy atom. The Bertz CT molecular complexity index is 525. The average molecular weight is 373 g/mol. The molecule has 0 aromatic rings. The quantitative estimate of drug-likeness (QED) is 0.247. The maximum atomic E-state index is 12.4. The molecule has 0 saturated carbocycles. The third kappa shape index (κ3) is 15.0. The maximum Gasteiger partial charge on any atom is 0.309 e. The highest BCUT2D eigenvalue weighted by Crippen LogP contribution is 2.18. The zero-order valence-corrected chi connectivity index (χ0v) is 18.4. The van der Waals surface area contributed by atoms with Crippen molar-refractivity contribution in [3.63, 3.8) is 0 Å². The summed E-state index contributed by atoms with van der Waals surface area (Å²) in [6, 6.07) is 0. The van der Waals surface area contributed by atoms with Gasteiger partial charge in [-0.05, 0) is 80.1 Å². The van der Waals surface area contributed by atoms with Crippen LogP contribution in [-0.2, 0) is 9.53 Å². The summed E-state index contributed by atoms with van der Waals surface area (Å²) in [4.78, 5) is 12.4. The van der Waals surface area contributed by atoms with E-state index in [1.807, 2.05) is 0 Å². The van der Waals surface area contributed by atoms with E-state index in [9.17, 15) is 4.79 Å². The molecule has 0 unspecified atom stereocenters. The van der Waals surface area contributed by atoms with Crippen LogP contribution in [0.15, 0.2) is 59.3 Å². The molecular weight excluding hydrogens is 332 g/mol. The lowest BCUT2D eigenvalue weighted by atomic mass is 9.97. The first-order valence-corrected chi connectivity index (χ1v) is 10.1. The van der Waals surface area contributed by atoms with Gasteiger partial charge in [0.15, 0.2) is 0 Å². The van der Waals surface area contributed by atoms with Crippen LogP contribution in [-0.4, -0.2) is 12.6 Å². The Hall–Kier alpha value is -1.83. The van der Waals surface area contributed by atoms with Gasteiger partial charge < -0.3 is 4.74 Å². The van der Waals surface area contributed by atoms with Gasteiger partial charge in [-0.2, -0.15) is 0 Å². The number of hydrogen-bond donors (Lipinski definition) is 0. The van der Waals surface area contributed by atoms with E-state index in [1.165, 1.54) is 22.3 Å². The molecule has 2 heteroatoms. The fraction of sp³-hybridized carbons (Fsp3) is 0.560.